The van der Waals surface area contributed by atoms with Gasteiger partial charge in [-0.15, -0.1) is 0 Å². The smallest absolute Gasteiger partial charge is 0.416 e. The standard InChI is InChI=1S/C17H27N3O4/c1-12(2)8-15(19)16(22)20(10-14(21)9-18)17(23)24-11-13-6-4-3-5-7-13/h3-7,12,14-15,21H,8-11,18-19H2,1-2H3/t14?,15-/m0/s1. The van der Waals surface area contributed by atoms with Gasteiger partial charge in [-0.3, -0.25) is 4.79 Å². The van der Waals surface area contributed by atoms with E-state index in [1.54, 1.807) is 12.1 Å². The zero-order valence-electron chi connectivity index (χ0n) is 14.2. The molecule has 0 aliphatic rings. The van der Waals surface area contributed by atoms with Gasteiger partial charge in [0.15, 0.2) is 0 Å². The van der Waals surface area contributed by atoms with Crippen molar-refractivity contribution in [3.63, 3.8) is 0 Å². The van der Waals surface area contributed by atoms with Gasteiger partial charge in [-0.05, 0) is 17.9 Å². The summed E-state index contributed by atoms with van der Waals surface area (Å²) in [5.74, 6) is -0.375. The molecule has 1 rings (SSSR count). The van der Waals surface area contributed by atoms with Crippen LogP contribution in [0.5, 0.6) is 0 Å². The number of aliphatic hydroxyl groups excluding tert-OH is 1. The maximum absolute atomic E-state index is 12.4. The van der Waals surface area contributed by atoms with E-state index in [1.807, 2.05) is 32.0 Å². The van der Waals surface area contributed by atoms with Crippen molar-refractivity contribution in [3.8, 4) is 0 Å². The first kappa shape index (κ1) is 20.1. The Kier molecular flexibility index (Phi) is 8.39. The van der Waals surface area contributed by atoms with E-state index in [9.17, 15) is 14.7 Å². The molecule has 24 heavy (non-hydrogen) atoms. The molecule has 7 heteroatoms. The number of nitrogens with zero attached hydrogens (tertiary/aromatic N) is 1. The fraction of sp³-hybridized carbons (Fsp3) is 0.529. The molecule has 0 radical (unpaired) electrons. The largest absolute Gasteiger partial charge is 0.444 e. The Morgan fingerprint density at radius 1 is 1.25 bits per heavy atom. The number of rotatable bonds is 8. The van der Waals surface area contributed by atoms with Gasteiger partial charge in [-0.25, -0.2) is 9.69 Å². The first-order valence-corrected chi connectivity index (χ1v) is 8.00. The number of amides is 2. The van der Waals surface area contributed by atoms with E-state index < -0.39 is 24.1 Å². The number of ether oxygens (including phenoxy) is 1. The molecule has 134 valence electrons. The number of imide groups is 1. The molecule has 0 saturated carbocycles. The first-order valence-electron chi connectivity index (χ1n) is 8.00. The predicted octanol–water partition coefficient (Wildman–Crippen LogP) is 0.845. The highest BCUT2D eigenvalue weighted by molar-refractivity contribution is 5.94. The van der Waals surface area contributed by atoms with E-state index in [4.69, 9.17) is 16.2 Å². The van der Waals surface area contributed by atoms with Crippen LogP contribution in [0.1, 0.15) is 25.8 Å². The van der Waals surface area contributed by atoms with Crippen LogP contribution in [0.15, 0.2) is 30.3 Å². The highest BCUT2D eigenvalue weighted by Gasteiger charge is 2.29. The van der Waals surface area contributed by atoms with Crippen molar-refractivity contribution < 1.29 is 19.4 Å². The summed E-state index contributed by atoms with van der Waals surface area (Å²) < 4.78 is 5.17. The average molecular weight is 337 g/mol. The minimum Gasteiger partial charge on any atom is -0.444 e. The second-order valence-corrected chi connectivity index (χ2v) is 6.11. The molecular formula is C17H27N3O4. The summed E-state index contributed by atoms with van der Waals surface area (Å²) in [6.45, 7) is 3.57. The van der Waals surface area contributed by atoms with Crippen molar-refractivity contribution in [3.05, 3.63) is 35.9 Å². The Labute approximate surface area is 142 Å². The van der Waals surface area contributed by atoms with Crippen LogP contribution in [0.2, 0.25) is 0 Å². The van der Waals surface area contributed by atoms with E-state index in [-0.39, 0.29) is 25.6 Å². The van der Waals surface area contributed by atoms with Crippen LogP contribution >= 0.6 is 0 Å². The fourth-order valence-electron chi connectivity index (χ4n) is 2.15. The predicted molar refractivity (Wildman–Crippen MR) is 90.8 cm³/mol. The average Bonchev–Trinajstić information content (AvgIpc) is 2.56. The monoisotopic (exact) mass is 337 g/mol. The van der Waals surface area contributed by atoms with Gasteiger partial charge in [0.2, 0.25) is 5.91 Å². The second kappa shape index (κ2) is 10.0. The summed E-state index contributed by atoms with van der Waals surface area (Å²) in [4.78, 5) is 25.5. The number of hydrogen-bond acceptors (Lipinski definition) is 6. The van der Waals surface area contributed by atoms with Gasteiger partial charge in [0.05, 0.1) is 18.7 Å². The van der Waals surface area contributed by atoms with Gasteiger partial charge in [-0.1, -0.05) is 44.2 Å². The van der Waals surface area contributed by atoms with Crippen molar-refractivity contribution in [1.29, 1.82) is 0 Å². The van der Waals surface area contributed by atoms with Gasteiger partial charge in [-0.2, -0.15) is 0 Å². The number of benzene rings is 1. The van der Waals surface area contributed by atoms with Crippen LogP contribution < -0.4 is 11.5 Å². The molecule has 1 aromatic carbocycles. The highest BCUT2D eigenvalue weighted by Crippen LogP contribution is 2.09. The maximum Gasteiger partial charge on any atom is 0.416 e. The van der Waals surface area contributed by atoms with Gasteiger partial charge in [0.1, 0.15) is 6.61 Å². The molecule has 0 bridgehead atoms. The van der Waals surface area contributed by atoms with E-state index in [2.05, 4.69) is 0 Å². The highest BCUT2D eigenvalue weighted by atomic mass is 16.6. The molecule has 0 heterocycles. The third-order valence-corrected chi connectivity index (χ3v) is 3.40. The SMILES string of the molecule is CC(C)C[C@H](N)C(=O)N(CC(O)CN)C(=O)OCc1ccccc1. The minimum absolute atomic E-state index is 0.0294. The molecule has 0 aliphatic carbocycles. The lowest BCUT2D eigenvalue weighted by Crippen LogP contribution is -2.51. The number of carbonyl (C=O) groups is 2. The zero-order valence-corrected chi connectivity index (χ0v) is 14.2. The van der Waals surface area contributed by atoms with Crippen molar-refractivity contribution in [2.45, 2.75) is 39.0 Å². The van der Waals surface area contributed by atoms with Crippen molar-refractivity contribution in [2.75, 3.05) is 13.1 Å². The van der Waals surface area contributed by atoms with E-state index in [1.165, 1.54) is 0 Å². The molecule has 0 spiro atoms. The van der Waals surface area contributed by atoms with Gasteiger partial charge in [0.25, 0.3) is 0 Å². The van der Waals surface area contributed by atoms with Crippen LogP contribution in [0.4, 0.5) is 4.79 Å². The third-order valence-electron chi connectivity index (χ3n) is 3.40. The summed E-state index contributed by atoms with van der Waals surface area (Å²) >= 11 is 0. The van der Waals surface area contributed by atoms with Crippen LogP contribution in [0, 0.1) is 5.92 Å². The van der Waals surface area contributed by atoms with Gasteiger partial charge < -0.3 is 21.3 Å². The summed E-state index contributed by atoms with van der Waals surface area (Å²) in [6.07, 6.45) is -1.43. The number of aliphatic hydroxyl groups is 1. The summed E-state index contributed by atoms with van der Waals surface area (Å²) in [7, 11) is 0. The Balaban J connectivity index is 2.76. The normalized spacial score (nSPS) is 13.4. The molecule has 7 nitrogen and oxygen atoms in total. The lowest BCUT2D eigenvalue weighted by molar-refractivity contribution is -0.132. The van der Waals surface area contributed by atoms with Crippen molar-refractivity contribution in [2.24, 2.45) is 17.4 Å². The summed E-state index contributed by atoms with van der Waals surface area (Å²) in [6, 6.07) is 8.27. The van der Waals surface area contributed by atoms with Gasteiger partial charge >= 0.3 is 6.09 Å². The molecule has 1 aromatic rings. The van der Waals surface area contributed by atoms with Crippen LogP contribution in [-0.4, -0.2) is 47.2 Å². The van der Waals surface area contributed by atoms with Gasteiger partial charge in [0, 0.05) is 6.54 Å². The van der Waals surface area contributed by atoms with Crippen molar-refractivity contribution >= 4 is 12.0 Å². The summed E-state index contributed by atoms with van der Waals surface area (Å²) in [5, 5.41) is 9.71. The molecule has 0 aromatic heterocycles. The maximum atomic E-state index is 12.4. The Bertz CT molecular complexity index is 522. The lowest BCUT2D eigenvalue weighted by atomic mass is 10.0. The molecule has 1 unspecified atom stereocenters. The number of carbonyl (C=O) groups excluding carboxylic acids is 2. The molecule has 0 saturated heterocycles. The second-order valence-electron chi connectivity index (χ2n) is 6.11. The Morgan fingerprint density at radius 3 is 2.42 bits per heavy atom. The van der Waals surface area contributed by atoms with Crippen LogP contribution in [0.25, 0.3) is 0 Å². The quantitative estimate of drug-likeness (QED) is 0.647. The minimum atomic E-state index is -1.02. The van der Waals surface area contributed by atoms with E-state index >= 15 is 0 Å². The third kappa shape index (κ3) is 6.66. The molecule has 5 N–H and O–H groups in total. The van der Waals surface area contributed by atoms with E-state index in [0.717, 1.165) is 10.5 Å². The topological polar surface area (TPSA) is 119 Å². The molecule has 0 aliphatic heterocycles. The Hall–Kier alpha value is -1.96. The molecule has 2 amide bonds. The zero-order chi connectivity index (χ0) is 18.1. The fourth-order valence-corrected chi connectivity index (χ4v) is 2.15. The lowest BCUT2D eigenvalue weighted by Gasteiger charge is -2.25. The Morgan fingerprint density at radius 2 is 1.88 bits per heavy atom. The molecule has 0 fully saturated rings. The number of nitrogens with two attached hydrogens (primary N) is 2. The number of hydrogen-bond donors (Lipinski definition) is 3. The molecule has 2 atom stereocenters. The van der Waals surface area contributed by atoms with E-state index in [0.29, 0.717) is 6.42 Å². The first-order chi connectivity index (χ1) is 11.3. The molecular weight excluding hydrogens is 310 g/mol. The van der Waals surface area contributed by atoms with Crippen LogP contribution in [-0.2, 0) is 16.1 Å². The summed E-state index contributed by atoms with van der Waals surface area (Å²) in [5.41, 5.74) is 12.0. The van der Waals surface area contributed by atoms with Crippen molar-refractivity contribution in [1.82, 2.24) is 4.90 Å². The van der Waals surface area contributed by atoms with Crippen LogP contribution in [0.3, 0.4) is 0 Å².